The van der Waals surface area contributed by atoms with Crippen molar-refractivity contribution >= 4 is 8.32 Å². The standard InChI is InChI=1S/C7H17OSi/c1-5-7-8-9(3,4)6-2/h1,5-7H2,2-4H3. The van der Waals surface area contributed by atoms with Crippen LogP contribution in [-0.2, 0) is 4.43 Å². The van der Waals surface area contributed by atoms with E-state index in [0.717, 1.165) is 13.0 Å². The van der Waals surface area contributed by atoms with E-state index in [1.807, 2.05) is 0 Å². The highest BCUT2D eigenvalue weighted by Crippen LogP contribution is 2.09. The fourth-order valence-electron chi connectivity index (χ4n) is 0.451. The Morgan fingerprint density at radius 1 is 1.44 bits per heavy atom. The Bertz CT molecular complexity index is 71.3. The van der Waals surface area contributed by atoms with Crippen molar-refractivity contribution in [2.24, 2.45) is 0 Å². The highest BCUT2D eigenvalue weighted by molar-refractivity contribution is 6.71. The number of hydrogen-bond acceptors (Lipinski definition) is 1. The van der Waals surface area contributed by atoms with Gasteiger partial charge in [0.1, 0.15) is 0 Å². The molecule has 55 valence electrons. The van der Waals surface area contributed by atoms with Crippen molar-refractivity contribution in [1.29, 1.82) is 0 Å². The van der Waals surface area contributed by atoms with E-state index < -0.39 is 8.32 Å². The fourth-order valence-corrected chi connectivity index (χ4v) is 1.35. The molecule has 0 fully saturated rings. The largest absolute Gasteiger partial charge is 0.417 e. The maximum absolute atomic E-state index is 5.60. The summed E-state index contributed by atoms with van der Waals surface area (Å²) in [5.41, 5.74) is 0. The van der Waals surface area contributed by atoms with Gasteiger partial charge in [0, 0.05) is 6.61 Å². The monoisotopic (exact) mass is 145 g/mol. The summed E-state index contributed by atoms with van der Waals surface area (Å²) in [6.07, 6.45) is 0.899. The fraction of sp³-hybridized carbons (Fsp3) is 0.857. The summed E-state index contributed by atoms with van der Waals surface area (Å²) >= 11 is 0. The van der Waals surface area contributed by atoms with Crippen molar-refractivity contribution in [3.8, 4) is 0 Å². The van der Waals surface area contributed by atoms with Gasteiger partial charge in [-0.05, 0) is 25.6 Å². The Balaban J connectivity index is 3.33. The number of rotatable bonds is 4. The molecule has 0 unspecified atom stereocenters. The maximum atomic E-state index is 5.60. The van der Waals surface area contributed by atoms with Crippen LogP contribution in [0.2, 0.25) is 19.1 Å². The van der Waals surface area contributed by atoms with E-state index >= 15 is 0 Å². The predicted molar refractivity (Wildman–Crippen MR) is 43.9 cm³/mol. The molecule has 0 heterocycles. The van der Waals surface area contributed by atoms with Gasteiger partial charge in [0.05, 0.1) is 0 Å². The van der Waals surface area contributed by atoms with Gasteiger partial charge in [-0.1, -0.05) is 13.8 Å². The smallest absolute Gasteiger partial charge is 0.186 e. The van der Waals surface area contributed by atoms with E-state index in [1.165, 1.54) is 6.04 Å². The lowest BCUT2D eigenvalue weighted by molar-refractivity contribution is 0.314. The molecule has 0 aliphatic carbocycles. The van der Waals surface area contributed by atoms with Crippen molar-refractivity contribution in [1.82, 2.24) is 0 Å². The second-order valence-electron chi connectivity index (χ2n) is 2.82. The summed E-state index contributed by atoms with van der Waals surface area (Å²) in [5, 5.41) is 0. The molecule has 1 radical (unpaired) electrons. The van der Waals surface area contributed by atoms with Gasteiger partial charge >= 0.3 is 0 Å². The van der Waals surface area contributed by atoms with Gasteiger partial charge in [-0.15, -0.1) is 0 Å². The normalized spacial score (nSPS) is 12.0. The molecule has 9 heavy (non-hydrogen) atoms. The third kappa shape index (κ3) is 4.67. The minimum atomic E-state index is -1.24. The first-order valence-corrected chi connectivity index (χ1v) is 6.67. The molecule has 0 aliphatic heterocycles. The zero-order chi connectivity index (χ0) is 7.33. The van der Waals surface area contributed by atoms with Crippen molar-refractivity contribution in [2.75, 3.05) is 6.61 Å². The maximum Gasteiger partial charge on any atom is 0.186 e. The minimum absolute atomic E-state index is 0.840. The quantitative estimate of drug-likeness (QED) is 0.552. The van der Waals surface area contributed by atoms with Crippen LogP contribution < -0.4 is 0 Å². The molecule has 0 atom stereocenters. The highest BCUT2D eigenvalue weighted by atomic mass is 28.4. The summed E-state index contributed by atoms with van der Waals surface area (Å²) in [6.45, 7) is 11.2. The van der Waals surface area contributed by atoms with Crippen LogP contribution in [0.15, 0.2) is 0 Å². The van der Waals surface area contributed by atoms with Crippen LogP contribution in [0.1, 0.15) is 13.3 Å². The third-order valence-electron chi connectivity index (χ3n) is 1.49. The van der Waals surface area contributed by atoms with Crippen LogP contribution in [-0.4, -0.2) is 14.9 Å². The third-order valence-corrected chi connectivity index (χ3v) is 4.18. The topological polar surface area (TPSA) is 9.23 Å². The van der Waals surface area contributed by atoms with Crippen LogP contribution >= 0.6 is 0 Å². The molecule has 0 N–H and O–H groups in total. The van der Waals surface area contributed by atoms with E-state index in [0.29, 0.717) is 0 Å². The summed E-state index contributed by atoms with van der Waals surface area (Å²) in [4.78, 5) is 0. The first-order valence-electron chi connectivity index (χ1n) is 3.55. The van der Waals surface area contributed by atoms with Crippen molar-refractivity contribution in [2.45, 2.75) is 32.5 Å². The molecule has 0 amide bonds. The molecule has 0 saturated carbocycles. The molecule has 0 rings (SSSR count). The zero-order valence-electron chi connectivity index (χ0n) is 6.74. The molecule has 0 aromatic carbocycles. The lowest BCUT2D eigenvalue weighted by Crippen LogP contribution is -2.29. The molecule has 0 bridgehead atoms. The van der Waals surface area contributed by atoms with Crippen molar-refractivity contribution in [3.63, 3.8) is 0 Å². The van der Waals surface area contributed by atoms with Gasteiger partial charge in [0.25, 0.3) is 0 Å². The second-order valence-corrected chi connectivity index (χ2v) is 7.33. The molecule has 2 heteroatoms. The van der Waals surface area contributed by atoms with E-state index in [-0.39, 0.29) is 0 Å². The van der Waals surface area contributed by atoms with Gasteiger partial charge in [-0.2, -0.15) is 0 Å². The molecule has 0 saturated heterocycles. The zero-order valence-corrected chi connectivity index (χ0v) is 7.74. The summed E-state index contributed by atoms with van der Waals surface area (Å²) < 4.78 is 5.60. The van der Waals surface area contributed by atoms with E-state index in [1.54, 1.807) is 0 Å². The van der Waals surface area contributed by atoms with Gasteiger partial charge in [0.2, 0.25) is 0 Å². The van der Waals surface area contributed by atoms with Crippen LogP contribution in [0.3, 0.4) is 0 Å². The highest BCUT2D eigenvalue weighted by Gasteiger charge is 2.17. The first kappa shape index (κ1) is 9.18. The van der Waals surface area contributed by atoms with Crippen LogP contribution in [0.4, 0.5) is 0 Å². The first-order chi connectivity index (χ1) is 4.12. The van der Waals surface area contributed by atoms with Gasteiger partial charge in [-0.3, -0.25) is 0 Å². The molecule has 0 aliphatic rings. The van der Waals surface area contributed by atoms with Gasteiger partial charge in [0.15, 0.2) is 8.32 Å². The van der Waals surface area contributed by atoms with Crippen molar-refractivity contribution < 1.29 is 4.43 Å². The number of hydrogen-bond donors (Lipinski definition) is 0. The average molecular weight is 145 g/mol. The molecular weight excluding hydrogens is 128 g/mol. The van der Waals surface area contributed by atoms with E-state index in [9.17, 15) is 0 Å². The lowest BCUT2D eigenvalue weighted by atomic mass is 10.5. The summed E-state index contributed by atoms with van der Waals surface area (Å²) in [7, 11) is -1.24. The molecule has 0 aromatic rings. The summed E-state index contributed by atoms with van der Waals surface area (Å²) in [6, 6.07) is 1.20. The SMILES string of the molecule is [CH2]CCO[Si](C)(C)CC. The van der Waals surface area contributed by atoms with Crippen molar-refractivity contribution in [3.05, 3.63) is 6.92 Å². The Morgan fingerprint density at radius 2 is 2.00 bits per heavy atom. The van der Waals surface area contributed by atoms with Gasteiger partial charge < -0.3 is 4.43 Å². The Kier molecular flexibility index (Phi) is 4.15. The van der Waals surface area contributed by atoms with Gasteiger partial charge in [-0.25, -0.2) is 0 Å². The lowest BCUT2D eigenvalue weighted by Gasteiger charge is -2.19. The summed E-state index contributed by atoms with van der Waals surface area (Å²) in [5.74, 6) is 0. The van der Waals surface area contributed by atoms with Crippen LogP contribution in [0.5, 0.6) is 0 Å². The molecule has 0 aromatic heterocycles. The van der Waals surface area contributed by atoms with E-state index in [4.69, 9.17) is 4.43 Å². The van der Waals surface area contributed by atoms with E-state index in [2.05, 4.69) is 26.9 Å². The minimum Gasteiger partial charge on any atom is -0.417 e. The molecule has 0 spiro atoms. The molecule has 1 nitrogen and oxygen atoms in total. The second kappa shape index (κ2) is 4.07. The Hall–Kier alpha value is 0.177. The Labute approximate surface area is 59.5 Å². The Morgan fingerprint density at radius 3 is 2.33 bits per heavy atom. The van der Waals surface area contributed by atoms with Crippen LogP contribution in [0.25, 0.3) is 0 Å². The molecular formula is C7H17OSi. The van der Waals surface area contributed by atoms with Crippen LogP contribution in [0, 0.1) is 6.92 Å². The average Bonchev–Trinajstić information content (AvgIpc) is 1.84. The predicted octanol–water partition coefficient (Wildman–Crippen LogP) is 2.45.